The second-order valence-corrected chi connectivity index (χ2v) is 7.28. The van der Waals surface area contributed by atoms with Crippen LogP contribution in [-0.2, 0) is 10.0 Å². The van der Waals surface area contributed by atoms with Crippen LogP contribution in [0, 0.1) is 6.92 Å². The van der Waals surface area contributed by atoms with E-state index in [9.17, 15) is 13.2 Å². The zero-order chi connectivity index (χ0) is 18.4. The van der Waals surface area contributed by atoms with Gasteiger partial charge in [-0.3, -0.25) is 4.72 Å². The minimum Gasteiger partial charge on any atom is -0.325 e. The topological polar surface area (TPSA) is 78.5 Å². The van der Waals surface area contributed by atoms with E-state index < -0.39 is 10.0 Å². The van der Waals surface area contributed by atoms with E-state index in [2.05, 4.69) is 10.0 Å². The highest BCUT2D eigenvalue weighted by Crippen LogP contribution is 2.19. The molecule has 0 aliphatic carbocycles. The number of anilines is 2. The van der Waals surface area contributed by atoms with Crippen molar-refractivity contribution in [2.45, 2.75) is 25.7 Å². The maximum atomic E-state index is 12.4. The molecule has 0 heterocycles. The van der Waals surface area contributed by atoms with Crippen molar-refractivity contribution in [1.29, 1.82) is 0 Å². The molecule has 2 aromatic carbocycles. The van der Waals surface area contributed by atoms with Crippen LogP contribution in [0.15, 0.2) is 53.4 Å². The predicted octanol–water partition coefficient (Wildman–Crippen LogP) is 3.67. The van der Waals surface area contributed by atoms with Gasteiger partial charge in [-0.05, 0) is 57.2 Å². The molecule has 0 aromatic heterocycles. The Hall–Kier alpha value is -2.54. The number of carbonyl (C=O) groups is 1. The van der Waals surface area contributed by atoms with Crippen molar-refractivity contribution in [1.82, 2.24) is 4.90 Å². The maximum Gasteiger partial charge on any atom is 0.321 e. The Labute approximate surface area is 148 Å². The molecule has 6 nitrogen and oxygen atoms in total. The molecule has 25 heavy (non-hydrogen) atoms. The van der Waals surface area contributed by atoms with E-state index in [0.29, 0.717) is 24.5 Å². The van der Waals surface area contributed by atoms with Crippen LogP contribution in [0.2, 0.25) is 0 Å². The Morgan fingerprint density at radius 1 is 0.920 bits per heavy atom. The first-order chi connectivity index (χ1) is 11.9. The number of nitrogens with one attached hydrogen (secondary N) is 2. The Morgan fingerprint density at radius 3 is 1.96 bits per heavy atom. The highest BCUT2D eigenvalue weighted by Gasteiger charge is 2.15. The van der Waals surface area contributed by atoms with Crippen LogP contribution in [0.1, 0.15) is 19.4 Å². The molecule has 0 unspecified atom stereocenters. The first-order valence-electron chi connectivity index (χ1n) is 8.11. The summed E-state index contributed by atoms with van der Waals surface area (Å²) in [7, 11) is -3.67. The second kappa shape index (κ2) is 8.02. The summed E-state index contributed by atoms with van der Waals surface area (Å²) in [4.78, 5) is 13.8. The first-order valence-corrected chi connectivity index (χ1v) is 9.59. The summed E-state index contributed by atoms with van der Waals surface area (Å²) < 4.78 is 27.4. The molecular weight excluding hydrogens is 338 g/mol. The van der Waals surface area contributed by atoms with Gasteiger partial charge in [-0.1, -0.05) is 17.7 Å². The summed E-state index contributed by atoms with van der Waals surface area (Å²) in [5.74, 6) is 0. The fourth-order valence-corrected chi connectivity index (χ4v) is 3.33. The summed E-state index contributed by atoms with van der Waals surface area (Å²) in [6.07, 6.45) is 0. The summed E-state index contributed by atoms with van der Waals surface area (Å²) in [6.45, 7) is 6.94. The van der Waals surface area contributed by atoms with Crippen LogP contribution in [-0.4, -0.2) is 32.4 Å². The lowest BCUT2D eigenvalue weighted by atomic mass is 10.2. The van der Waals surface area contributed by atoms with Gasteiger partial charge < -0.3 is 10.2 Å². The van der Waals surface area contributed by atoms with E-state index in [1.54, 1.807) is 29.2 Å². The van der Waals surface area contributed by atoms with Gasteiger partial charge in [-0.2, -0.15) is 0 Å². The van der Waals surface area contributed by atoms with Gasteiger partial charge in [0.2, 0.25) is 0 Å². The van der Waals surface area contributed by atoms with Gasteiger partial charge in [0.05, 0.1) is 4.90 Å². The number of urea groups is 1. The third-order valence-electron chi connectivity index (χ3n) is 3.77. The van der Waals surface area contributed by atoms with Crippen molar-refractivity contribution in [3.05, 3.63) is 54.1 Å². The molecule has 0 atom stereocenters. The second-order valence-electron chi connectivity index (χ2n) is 5.60. The Bertz CT molecular complexity index is 812. The predicted molar refractivity (Wildman–Crippen MR) is 100 cm³/mol. The van der Waals surface area contributed by atoms with Crippen LogP contribution in [0.3, 0.4) is 0 Å². The van der Waals surface area contributed by atoms with Gasteiger partial charge in [0.25, 0.3) is 10.0 Å². The van der Waals surface area contributed by atoms with Crippen molar-refractivity contribution in [2.24, 2.45) is 0 Å². The van der Waals surface area contributed by atoms with Crippen molar-refractivity contribution in [2.75, 3.05) is 23.1 Å². The number of aryl methyl sites for hydroxylation is 1. The number of rotatable bonds is 6. The molecule has 0 aliphatic heterocycles. The first kappa shape index (κ1) is 18.8. The smallest absolute Gasteiger partial charge is 0.321 e. The van der Waals surface area contributed by atoms with Gasteiger partial charge in [0.15, 0.2) is 0 Å². The molecule has 0 saturated carbocycles. The molecule has 2 N–H and O–H groups in total. The van der Waals surface area contributed by atoms with Crippen LogP contribution >= 0.6 is 0 Å². The van der Waals surface area contributed by atoms with E-state index in [1.165, 1.54) is 12.1 Å². The third-order valence-corrected chi connectivity index (χ3v) is 5.17. The Morgan fingerprint density at radius 2 is 1.44 bits per heavy atom. The number of hydrogen-bond donors (Lipinski definition) is 2. The van der Waals surface area contributed by atoms with Gasteiger partial charge in [-0.15, -0.1) is 0 Å². The maximum absolute atomic E-state index is 12.4. The van der Waals surface area contributed by atoms with Crippen LogP contribution in [0.4, 0.5) is 16.2 Å². The van der Waals surface area contributed by atoms with Gasteiger partial charge in [-0.25, -0.2) is 13.2 Å². The van der Waals surface area contributed by atoms with Crippen LogP contribution < -0.4 is 10.0 Å². The number of carbonyl (C=O) groups excluding carboxylic acids is 1. The van der Waals surface area contributed by atoms with Gasteiger partial charge in [0, 0.05) is 24.5 Å². The fourth-order valence-electron chi connectivity index (χ4n) is 2.27. The van der Waals surface area contributed by atoms with Crippen molar-refractivity contribution < 1.29 is 13.2 Å². The number of nitrogens with zero attached hydrogens (tertiary/aromatic N) is 1. The van der Waals surface area contributed by atoms with E-state index in [4.69, 9.17) is 0 Å². The van der Waals surface area contributed by atoms with E-state index in [1.807, 2.05) is 32.9 Å². The minimum absolute atomic E-state index is 0.133. The Kier molecular flexibility index (Phi) is 6.03. The van der Waals surface area contributed by atoms with Crippen molar-refractivity contribution in [3.8, 4) is 0 Å². The molecule has 2 amide bonds. The van der Waals surface area contributed by atoms with Gasteiger partial charge >= 0.3 is 6.03 Å². The number of amides is 2. The summed E-state index contributed by atoms with van der Waals surface area (Å²) in [6, 6.07) is 13.0. The molecule has 2 rings (SSSR count). The quantitative estimate of drug-likeness (QED) is 0.824. The third kappa shape index (κ3) is 4.96. The summed E-state index contributed by atoms with van der Waals surface area (Å²) >= 11 is 0. The largest absolute Gasteiger partial charge is 0.325 e. The molecule has 0 fully saturated rings. The number of benzene rings is 2. The molecule has 134 valence electrons. The average Bonchev–Trinajstić information content (AvgIpc) is 2.58. The van der Waals surface area contributed by atoms with Crippen LogP contribution in [0.25, 0.3) is 0 Å². The zero-order valence-corrected chi connectivity index (χ0v) is 15.4. The van der Waals surface area contributed by atoms with Gasteiger partial charge in [0.1, 0.15) is 0 Å². The van der Waals surface area contributed by atoms with E-state index in [-0.39, 0.29) is 10.9 Å². The molecule has 0 bridgehead atoms. The van der Waals surface area contributed by atoms with Crippen molar-refractivity contribution >= 4 is 27.4 Å². The monoisotopic (exact) mass is 361 g/mol. The standard InChI is InChI=1S/C18H23N3O3S/c1-4-21(5-2)18(22)19-15-10-12-17(13-11-15)25(23,24)20-16-8-6-14(3)7-9-16/h6-13,20H,4-5H2,1-3H3,(H,19,22). The van der Waals surface area contributed by atoms with Crippen molar-refractivity contribution in [3.63, 3.8) is 0 Å². The molecule has 0 radical (unpaired) electrons. The lowest BCUT2D eigenvalue weighted by Gasteiger charge is -2.19. The molecule has 7 heteroatoms. The number of hydrogen-bond acceptors (Lipinski definition) is 3. The number of sulfonamides is 1. The highest BCUT2D eigenvalue weighted by atomic mass is 32.2. The summed E-state index contributed by atoms with van der Waals surface area (Å²) in [5.41, 5.74) is 2.10. The van der Waals surface area contributed by atoms with E-state index in [0.717, 1.165) is 5.56 Å². The molecule has 2 aromatic rings. The molecular formula is C18H23N3O3S. The molecule has 0 saturated heterocycles. The molecule has 0 spiro atoms. The Balaban J connectivity index is 2.10. The van der Waals surface area contributed by atoms with Crippen LogP contribution in [0.5, 0.6) is 0 Å². The van der Waals surface area contributed by atoms with E-state index >= 15 is 0 Å². The zero-order valence-electron chi connectivity index (χ0n) is 14.6. The summed E-state index contributed by atoms with van der Waals surface area (Å²) in [5, 5.41) is 2.75. The molecule has 0 aliphatic rings. The minimum atomic E-state index is -3.67. The SMILES string of the molecule is CCN(CC)C(=O)Nc1ccc(S(=O)(=O)Nc2ccc(C)cc2)cc1. The fraction of sp³-hybridized carbons (Fsp3) is 0.278. The lowest BCUT2D eigenvalue weighted by molar-refractivity contribution is 0.217. The normalized spacial score (nSPS) is 11.0. The highest BCUT2D eigenvalue weighted by molar-refractivity contribution is 7.92. The lowest BCUT2D eigenvalue weighted by Crippen LogP contribution is -2.34. The average molecular weight is 361 g/mol.